The van der Waals surface area contributed by atoms with Crippen LogP contribution in [0.1, 0.15) is 28.8 Å². The lowest BCUT2D eigenvalue weighted by molar-refractivity contribution is -0.384. The van der Waals surface area contributed by atoms with Crippen LogP contribution in [0.4, 0.5) is 17.1 Å². The summed E-state index contributed by atoms with van der Waals surface area (Å²) < 4.78 is 0. The van der Waals surface area contributed by atoms with E-state index >= 15 is 0 Å². The van der Waals surface area contributed by atoms with E-state index in [1.807, 2.05) is 6.07 Å². The summed E-state index contributed by atoms with van der Waals surface area (Å²) in [4.78, 5) is 24.9. The second-order valence-corrected chi connectivity index (χ2v) is 5.93. The summed E-state index contributed by atoms with van der Waals surface area (Å²) >= 11 is 0. The predicted octanol–water partition coefficient (Wildman–Crippen LogP) is 3.32. The predicted molar refractivity (Wildman–Crippen MR) is 93.6 cm³/mol. The molecule has 0 bridgehead atoms. The number of nitriles is 1. The Balaban J connectivity index is 1.89. The second kappa shape index (κ2) is 6.61. The highest BCUT2D eigenvalue weighted by Gasteiger charge is 2.26. The van der Waals surface area contributed by atoms with Crippen LogP contribution in [0.25, 0.3) is 0 Å². The van der Waals surface area contributed by atoms with Crippen molar-refractivity contribution in [2.24, 2.45) is 0 Å². The summed E-state index contributed by atoms with van der Waals surface area (Å²) in [5.41, 5.74) is 1.52. The molecule has 0 atom stereocenters. The number of amides is 1. The number of nitrogens with zero attached hydrogens (tertiary/aromatic N) is 3. The molecule has 0 heterocycles. The van der Waals surface area contributed by atoms with Crippen LogP contribution in [0.5, 0.6) is 0 Å². The van der Waals surface area contributed by atoms with E-state index in [2.05, 4.69) is 5.32 Å². The van der Waals surface area contributed by atoms with Crippen molar-refractivity contribution in [3.8, 4) is 6.07 Å². The largest absolute Gasteiger partial charge is 0.377 e. The zero-order valence-corrected chi connectivity index (χ0v) is 13.6. The normalized spacial score (nSPS) is 13.0. The van der Waals surface area contributed by atoms with E-state index in [1.54, 1.807) is 43.4 Å². The number of nitrogens with one attached hydrogen (secondary N) is 1. The van der Waals surface area contributed by atoms with Crippen molar-refractivity contribution >= 4 is 23.0 Å². The smallest absolute Gasteiger partial charge is 0.293 e. The first kappa shape index (κ1) is 16.5. The molecule has 1 amide bonds. The maximum absolute atomic E-state index is 12.7. The molecule has 2 aromatic carbocycles. The van der Waals surface area contributed by atoms with Gasteiger partial charge in [0, 0.05) is 30.4 Å². The summed E-state index contributed by atoms with van der Waals surface area (Å²) in [5, 5.41) is 23.4. The molecule has 1 fully saturated rings. The van der Waals surface area contributed by atoms with Gasteiger partial charge < -0.3 is 10.2 Å². The molecule has 3 rings (SSSR count). The molecular formula is C18H16N4O3. The van der Waals surface area contributed by atoms with Crippen LogP contribution in [-0.2, 0) is 0 Å². The summed E-state index contributed by atoms with van der Waals surface area (Å²) in [7, 11) is 1.57. The van der Waals surface area contributed by atoms with Gasteiger partial charge in [0.2, 0.25) is 0 Å². The fraction of sp³-hybridized carbons (Fsp3) is 0.222. The van der Waals surface area contributed by atoms with Crippen molar-refractivity contribution in [1.29, 1.82) is 5.26 Å². The minimum absolute atomic E-state index is 0.114. The van der Waals surface area contributed by atoms with Gasteiger partial charge in [-0.15, -0.1) is 0 Å². The van der Waals surface area contributed by atoms with E-state index in [0.717, 1.165) is 12.8 Å². The molecule has 0 unspecified atom stereocenters. The van der Waals surface area contributed by atoms with Gasteiger partial charge in [-0.25, -0.2) is 0 Å². The highest BCUT2D eigenvalue weighted by atomic mass is 16.6. The quantitative estimate of drug-likeness (QED) is 0.667. The van der Waals surface area contributed by atoms with E-state index < -0.39 is 4.92 Å². The number of nitro benzene ring substituents is 1. The SMILES string of the molecule is CN(C(=O)c1ccc(NC2CC2)c([N+](=O)[O-])c1)c1cccc(C#N)c1. The number of nitro groups is 1. The second-order valence-electron chi connectivity index (χ2n) is 5.93. The van der Waals surface area contributed by atoms with Crippen LogP contribution >= 0.6 is 0 Å². The van der Waals surface area contributed by atoms with Gasteiger partial charge in [-0.3, -0.25) is 14.9 Å². The Bertz CT molecular complexity index is 884. The molecule has 0 radical (unpaired) electrons. The minimum Gasteiger partial charge on any atom is -0.377 e. The summed E-state index contributed by atoms with van der Waals surface area (Å²) in [6, 6.07) is 13.4. The Hall–Kier alpha value is -3.40. The molecule has 0 spiro atoms. The van der Waals surface area contributed by atoms with E-state index in [0.29, 0.717) is 16.9 Å². The molecule has 0 aliphatic heterocycles. The lowest BCUT2D eigenvalue weighted by Gasteiger charge is -2.18. The van der Waals surface area contributed by atoms with Crippen molar-refractivity contribution in [2.45, 2.75) is 18.9 Å². The van der Waals surface area contributed by atoms with Crippen molar-refractivity contribution in [1.82, 2.24) is 0 Å². The average Bonchev–Trinajstić information content (AvgIpc) is 3.44. The fourth-order valence-electron chi connectivity index (χ4n) is 2.48. The van der Waals surface area contributed by atoms with Crippen LogP contribution in [0.3, 0.4) is 0 Å². The number of carbonyl (C=O) groups is 1. The average molecular weight is 336 g/mol. The molecule has 1 saturated carbocycles. The van der Waals surface area contributed by atoms with E-state index in [1.165, 1.54) is 11.0 Å². The van der Waals surface area contributed by atoms with Gasteiger partial charge in [0.1, 0.15) is 5.69 Å². The summed E-state index contributed by atoms with van der Waals surface area (Å²) in [6.07, 6.45) is 1.99. The standard InChI is InChI=1S/C18H16N4O3/c1-21(15-4-2-3-12(9-15)11-19)18(23)13-5-8-16(20-14-6-7-14)17(10-13)22(24)25/h2-5,8-10,14,20H,6-7H2,1H3. The van der Waals surface area contributed by atoms with Crippen LogP contribution in [0.2, 0.25) is 0 Å². The van der Waals surface area contributed by atoms with Gasteiger partial charge in [0.25, 0.3) is 11.6 Å². The highest BCUT2D eigenvalue weighted by Crippen LogP contribution is 2.32. The Morgan fingerprint density at radius 2 is 2.08 bits per heavy atom. The van der Waals surface area contributed by atoms with E-state index in [9.17, 15) is 14.9 Å². The summed E-state index contributed by atoms with van der Waals surface area (Å²) in [6.45, 7) is 0. The molecular weight excluding hydrogens is 320 g/mol. The third kappa shape index (κ3) is 3.58. The van der Waals surface area contributed by atoms with Crippen LogP contribution < -0.4 is 10.2 Å². The zero-order chi connectivity index (χ0) is 18.0. The molecule has 1 aliphatic rings. The molecule has 7 nitrogen and oxygen atoms in total. The maximum Gasteiger partial charge on any atom is 0.293 e. The lowest BCUT2D eigenvalue weighted by Crippen LogP contribution is -2.26. The van der Waals surface area contributed by atoms with Crippen LogP contribution in [-0.4, -0.2) is 23.9 Å². The van der Waals surface area contributed by atoms with Gasteiger partial charge in [-0.05, 0) is 43.2 Å². The monoisotopic (exact) mass is 336 g/mol. The zero-order valence-electron chi connectivity index (χ0n) is 13.6. The third-order valence-corrected chi connectivity index (χ3v) is 4.05. The summed E-state index contributed by atoms with van der Waals surface area (Å²) in [5.74, 6) is -0.379. The Kier molecular flexibility index (Phi) is 4.35. The van der Waals surface area contributed by atoms with Crippen molar-refractivity contribution < 1.29 is 9.72 Å². The van der Waals surface area contributed by atoms with Gasteiger partial charge in [0.15, 0.2) is 0 Å². The number of anilines is 2. The van der Waals surface area contributed by atoms with Crippen LogP contribution in [0, 0.1) is 21.4 Å². The Morgan fingerprint density at radius 1 is 1.32 bits per heavy atom. The molecule has 1 aliphatic carbocycles. The first-order valence-electron chi connectivity index (χ1n) is 7.83. The van der Waals surface area contributed by atoms with Gasteiger partial charge in [0.05, 0.1) is 16.6 Å². The molecule has 2 aromatic rings. The molecule has 0 saturated heterocycles. The van der Waals surface area contributed by atoms with Crippen molar-refractivity contribution in [3.05, 3.63) is 63.7 Å². The number of hydrogen-bond donors (Lipinski definition) is 1. The number of carbonyl (C=O) groups excluding carboxylic acids is 1. The van der Waals surface area contributed by atoms with Crippen molar-refractivity contribution in [3.63, 3.8) is 0 Å². The first-order valence-corrected chi connectivity index (χ1v) is 7.83. The topological polar surface area (TPSA) is 99.3 Å². The number of hydrogen-bond acceptors (Lipinski definition) is 5. The Labute approximate surface area is 144 Å². The first-order chi connectivity index (χ1) is 12.0. The molecule has 126 valence electrons. The van der Waals surface area contributed by atoms with Crippen LogP contribution in [0.15, 0.2) is 42.5 Å². The minimum atomic E-state index is -0.488. The molecule has 0 aromatic heterocycles. The molecule has 25 heavy (non-hydrogen) atoms. The van der Waals surface area contributed by atoms with E-state index in [-0.39, 0.29) is 23.2 Å². The molecule has 1 N–H and O–H groups in total. The highest BCUT2D eigenvalue weighted by molar-refractivity contribution is 6.06. The number of rotatable bonds is 5. The maximum atomic E-state index is 12.7. The van der Waals surface area contributed by atoms with E-state index in [4.69, 9.17) is 5.26 Å². The third-order valence-electron chi connectivity index (χ3n) is 4.05. The van der Waals surface area contributed by atoms with Gasteiger partial charge in [-0.2, -0.15) is 5.26 Å². The number of benzene rings is 2. The lowest BCUT2D eigenvalue weighted by atomic mass is 10.1. The van der Waals surface area contributed by atoms with Crippen molar-refractivity contribution in [2.75, 3.05) is 17.3 Å². The Morgan fingerprint density at radius 3 is 2.72 bits per heavy atom. The van der Waals surface area contributed by atoms with Gasteiger partial charge in [-0.1, -0.05) is 6.07 Å². The van der Waals surface area contributed by atoms with Gasteiger partial charge >= 0.3 is 0 Å². The molecule has 7 heteroatoms. The fourth-order valence-corrected chi connectivity index (χ4v) is 2.48.